The number of halogens is 2. The van der Waals surface area contributed by atoms with E-state index in [0.29, 0.717) is 23.7 Å². The molecule has 0 aromatic heterocycles. The molecule has 3 rings (SSSR count). The van der Waals surface area contributed by atoms with Crippen molar-refractivity contribution in [3.8, 4) is 0 Å². The van der Waals surface area contributed by atoms with Gasteiger partial charge in [-0.25, -0.2) is 0 Å². The number of nitrogens with zero attached hydrogens (tertiary/aromatic N) is 2. The molecule has 130 valence electrons. The normalized spacial score (nSPS) is 23.3. The smallest absolute Gasteiger partial charge is 0.308 e. The maximum Gasteiger partial charge on any atom is 0.308 e. The standard InChI is InChI=1S/C16H17ClN2O4.ClH/c17-12-3-1-2-4-13(12)19-9-11(7-14(19)20)15(21)18-6-5-10(8-18)16(22)23;/h1-4,10-11H,5-9H2,(H,22,23);1H. The monoisotopic (exact) mass is 372 g/mol. The molecule has 0 saturated carbocycles. The summed E-state index contributed by atoms with van der Waals surface area (Å²) >= 11 is 6.12. The van der Waals surface area contributed by atoms with Crippen LogP contribution >= 0.6 is 24.0 Å². The zero-order chi connectivity index (χ0) is 16.6. The van der Waals surface area contributed by atoms with Crippen molar-refractivity contribution >= 4 is 47.5 Å². The number of benzene rings is 1. The quantitative estimate of drug-likeness (QED) is 0.880. The fraction of sp³-hybridized carbons (Fsp3) is 0.438. The van der Waals surface area contributed by atoms with Gasteiger partial charge in [-0.15, -0.1) is 12.4 Å². The lowest BCUT2D eigenvalue weighted by Gasteiger charge is -2.21. The molecule has 2 aliphatic rings. The van der Waals surface area contributed by atoms with Crippen LogP contribution in [-0.2, 0) is 14.4 Å². The summed E-state index contributed by atoms with van der Waals surface area (Å²) < 4.78 is 0. The number of carbonyl (C=O) groups excluding carboxylic acids is 2. The summed E-state index contributed by atoms with van der Waals surface area (Å²) in [6.45, 7) is 0.952. The Morgan fingerprint density at radius 1 is 1.17 bits per heavy atom. The molecule has 2 aliphatic heterocycles. The number of aliphatic carboxylic acids is 1. The molecule has 2 saturated heterocycles. The minimum absolute atomic E-state index is 0. The van der Waals surface area contributed by atoms with Gasteiger partial charge in [0.1, 0.15) is 0 Å². The van der Waals surface area contributed by atoms with Gasteiger partial charge in [-0.1, -0.05) is 23.7 Å². The number of likely N-dealkylation sites (tertiary alicyclic amines) is 1. The molecule has 2 fully saturated rings. The van der Waals surface area contributed by atoms with Crippen LogP contribution in [0.15, 0.2) is 24.3 Å². The zero-order valence-electron chi connectivity index (χ0n) is 12.9. The first-order valence-corrected chi connectivity index (χ1v) is 7.91. The lowest BCUT2D eigenvalue weighted by Crippen LogP contribution is -2.36. The highest BCUT2D eigenvalue weighted by Crippen LogP contribution is 2.32. The lowest BCUT2D eigenvalue weighted by molar-refractivity contribution is -0.141. The van der Waals surface area contributed by atoms with Crippen molar-refractivity contribution < 1.29 is 19.5 Å². The Balaban J connectivity index is 0.00000208. The van der Waals surface area contributed by atoms with Crippen LogP contribution in [0.3, 0.4) is 0 Å². The van der Waals surface area contributed by atoms with Crippen molar-refractivity contribution in [2.24, 2.45) is 11.8 Å². The topological polar surface area (TPSA) is 77.9 Å². The second-order valence-electron chi connectivity index (χ2n) is 5.96. The van der Waals surface area contributed by atoms with Crippen molar-refractivity contribution in [2.45, 2.75) is 12.8 Å². The van der Waals surface area contributed by atoms with Gasteiger partial charge in [0.15, 0.2) is 0 Å². The highest BCUT2D eigenvalue weighted by atomic mass is 35.5. The number of para-hydroxylation sites is 1. The molecule has 0 aliphatic carbocycles. The number of anilines is 1. The number of rotatable bonds is 3. The van der Waals surface area contributed by atoms with Gasteiger partial charge in [-0.2, -0.15) is 0 Å². The molecule has 0 bridgehead atoms. The number of carbonyl (C=O) groups is 3. The van der Waals surface area contributed by atoms with E-state index in [2.05, 4.69) is 0 Å². The first-order chi connectivity index (χ1) is 11.0. The van der Waals surface area contributed by atoms with Crippen molar-refractivity contribution in [2.75, 3.05) is 24.5 Å². The third-order valence-electron chi connectivity index (χ3n) is 4.47. The Bertz CT molecular complexity index is 667. The summed E-state index contributed by atoms with van der Waals surface area (Å²) in [6, 6.07) is 7.04. The third-order valence-corrected chi connectivity index (χ3v) is 4.79. The van der Waals surface area contributed by atoms with E-state index in [1.54, 1.807) is 29.2 Å². The fourth-order valence-electron chi connectivity index (χ4n) is 3.20. The zero-order valence-corrected chi connectivity index (χ0v) is 14.4. The molecule has 1 aromatic rings. The van der Waals surface area contributed by atoms with Crippen LogP contribution in [0.1, 0.15) is 12.8 Å². The number of hydrogen-bond acceptors (Lipinski definition) is 3. The minimum Gasteiger partial charge on any atom is -0.481 e. The summed E-state index contributed by atoms with van der Waals surface area (Å²) in [5.41, 5.74) is 0.610. The summed E-state index contributed by atoms with van der Waals surface area (Å²) in [4.78, 5) is 38.9. The van der Waals surface area contributed by atoms with Crippen LogP contribution in [0.2, 0.25) is 5.02 Å². The second kappa shape index (κ2) is 7.40. The van der Waals surface area contributed by atoms with Gasteiger partial charge >= 0.3 is 5.97 Å². The van der Waals surface area contributed by atoms with Gasteiger partial charge in [0, 0.05) is 26.1 Å². The van der Waals surface area contributed by atoms with Crippen LogP contribution in [-0.4, -0.2) is 47.4 Å². The first-order valence-electron chi connectivity index (χ1n) is 7.54. The molecule has 1 N–H and O–H groups in total. The van der Waals surface area contributed by atoms with E-state index < -0.39 is 17.8 Å². The van der Waals surface area contributed by atoms with Gasteiger partial charge in [0.25, 0.3) is 0 Å². The molecule has 24 heavy (non-hydrogen) atoms. The van der Waals surface area contributed by atoms with Crippen LogP contribution in [0.4, 0.5) is 5.69 Å². The third kappa shape index (κ3) is 3.49. The van der Waals surface area contributed by atoms with Crippen LogP contribution in [0, 0.1) is 11.8 Å². The van der Waals surface area contributed by atoms with Gasteiger partial charge in [-0.3, -0.25) is 14.4 Å². The summed E-state index contributed by atoms with van der Waals surface area (Å²) in [5, 5.41) is 9.50. The van der Waals surface area contributed by atoms with Crippen LogP contribution < -0.4 is 4.90 Å². The number of carboxylic acid groups (broad SMARTS) is 1. The van der Waals surface area contributed by atoms with Crippen molar-refractivity contribution in [3.63, 3.8) is 0 Å². The minimum atomic E-state index is -0.875. The summed E-state index contributed by atoms with van der Waals surface area (Å²) in [7, 11) is 0. The molecular formula is C16H18Cl2N2O4. The molecule has 2 unspecified atom stereocenters. The molecule has 2 amide bonds. The SMILES string of the molecule is Cl.O=C(O)C1CCN(C(=O)C2CC(=O)N(c3ccccc3Cl)C2)C1. The molecule has 1 aromatic carbocycles. The van der Waals surface area contributed by atoms with Crippen LogP contribution in [0.25, 0.3) is 0 Å². The average molecular weight is 373 g/mol. The molecule has 6 nitrogen and oxygen atoms in total. The highest BCUT2D eigenvalue weighted by molar-refractivity contribution is 6.33. The van der Waals surface area contributed by atoms with Gasteiger partial charge < -0.3 is 14.9 Å². The Morgan fingerprint density at radius 2 is 1.88 bits per heavy atom. The number of carboxylic acids is 1. The van der Waals surface area contributed by atoms with E-state index in [4.69, 9.17) is 16.7 Å². The Kier molecular flexibility index (Phi) is 5.72. The maximum atomic E-state index is 12.5. The lowest BCUT2D eigenvalue weighted by atomic mass is 10.1. The summed E-state index contributed by atoms with van der Waals surface area (Å²) in [6.07, 6.45) is 0.605. The molecule has 8 heteroatoms. The largest absolute Gasteiger partial charge is 0.481 e. The predicted octanol–water partition coefficient (Wildman–Crippen LogP) is 2.05. The Labute approximate surface area is 150 Å². The van der Waals surface area contributed by atoms with E-state index in [1.165, 1.54) is 4.90 Å². The molecule has 0 radical (unpaired) electrons. The number of hydrogen-bond donors (Lipinski definition) is 1. The van der Waals surface area contributed by atoms with E-state index >= 15 is 0 Å². The van der Waals surface area contributed by atoms with Gasteiger partial charge in [-0.05, 0) is 18.6 Å². The second-order valence-corrected chi connectivity index (χ2v) is 6.37. The van der Waals surface area contributed by atoms with E-state index in [-0.39, 0.29) is 43.7 Å². The molecule has 2 atom stereocenters. The average Bonchev–Trinajstić information content (AvgIpc) is 3.14. The fourth-order valence-corrected chi connectivity index (χ4v) is 3.43. The highest BCUT2D eigenvalue weighted by Gasteiger charge is 2.40. The van der Waals surface area contributed by atoms with Gasteiger partial charge in [0.05, 0.1) is 22.5 Å². The van der Waals surface area contributed by atoms with E-state index in [9.17, 15) is 14.4 Å². The van der Waals surface area contributed by atoms with Crippen molar-refractivity contribution in [1.29, 1.82) is 0 Å². The maximum absolute atomic E-state index is 12.5. The van der Waals surface area contributed by atoms with Crippen molar-refractivity contribution in [3.05, 3.63) is 29.3 Å². The summed E-state index contributed by atoms with van der Waals surface area (Å²) in [5.74, 6) is -2.09. The van der Waals surface area contributed by atoms with Gasteiger partial charge in [0.2, 0.25) is 11.8 Å². The predicted molar refractivity (Wildman–Crippen MR) is 91.5 cm³/mol. The van der Waals surface area contributed by atoms with Crippen LogP contribution in [0.5, 0.6) is 0 Å². The molecule has 0 spiro atoms. The first kappa shape index (κ1) is 18.5. The molecule has 2 heterocycles. The molecular weight excluding hydrogens is 355 g/mol. The number of amides is 2. The Morgan fingerprint density at radius 3 is 2.50 bits per heavy atom. The Hall–Kier alpha value is -1.79. The van der Waals surface area contributed by atoms with Crippen molar-refractivity contribution in [1.82, 2.24) is 4.90 Å². The van der Waals surface area contributed by atoms with E-state index in [0.717, 1.165) is 0 Å². The van der Waals surface area contributed by atoms with E-state index in [1.807, 2.05) is 0 Å².